The fraction of sp³-hybridized carbons (Fsp3) is 0.0476. The van der Waals surface area contributed by atoms with E-state index in [1.807, 2.05) is 12.1 Å². The first-order chi connectivity index (χ1) is 13.1. The zero-order valence-electron chi connectivity index (χ0n) is 14.3. The van der Waals surface area contributed by atoms with Gasteiger partial charge in [0.2, 0.25) is 5.91 Å². The lowest BCUT2D eigenvalue weighted by molar-refractivity contribution is -0.111. The molecule has 0 aliphatic heterocycles. The van der Waals surface area contributed by atoms with E-state index in [-0.39, 0.29) is 5.91 Å². The Kier molecular flexibility index (Phi) is 5.79. The van der Waals surface area contributed by atoms with E-state index >= 15 is 0 Å². The summed E-state index contributed by atoms with van der Waals surface area (Å²) in [5, 5.41) is 12.1. The average Bonchev–Trinajstić information content (AvgIpc) is 2.68. The molecule has 0 aliphatic rings. The van der Waals surface area contributed by atoms with Gasteiger partial charge in [0.05, 0.1) is 0 Å². The maximum Gasteiger partial charge on any atom is 0.248 e. The Bertz CT molecular complexity index is 959. The second-order valence-corrected chi connectivity index (χ2v) is 5.71. The van der Waals surface area contributed by atoms with E-state index in [0.29, 0.717) is 23.6 Å². The number of ether oxygens (including phenoxy) is 1. The third kappa shape index (κ3) is 5.40. The summed E-state index contributed by atoms with van der Waals surface area (Å²) in [7, 11) is 0. The number of hydrogen-bond donors (Lipinski definition) is 2. The highest BCUT2D eigenvalue weighted by atomic mass is 19.1. The van der Waals surface area contributed by atoms with Gasteiger partial charge in [0.15, 0.2) is 11.6 Å². The van der Waals surface area contributed by atoms with Crippen LogP contribution in [-0.2, 0) is 11.4 Å². The van der Waals surface area contributed by atoms with E-state index in [4.69, 9.17) is 4.74 Å². The number of hydrogen-bond acceptors (Lipinski definition) is 4. The molecule has 0 spiro atoms. The first kappa shape index (κ1) is 18.1. The topological polar surface area (TPSA) is 71.5 Å². The summed E-state index contributed by atoms with van der Waals surface area (Å²) in [5.41, 5.74) is 2.09. The molecule has 136 valence electrons. The molecule has 0 saturated heterocycles. The number of phenolic OH excluding ortho intramolecular Hbond substituents is 1. The van der Waals surface area contributed by atoms with E-state index in [0.717, 1.165) is 11.6 Å². The lowest BCUT2D eigenvalue weighted by atomic mass is 10.2. The number of carbonyl (C=O) groups excluding carboxylic acids is 1. The summed E-state index contributed by atoms with van der Waals surface area (Å²) < 4.78 is 18.7. The highest BCUT2D eigenvalue weighted by molar-refractivity contribution is 6.02. The van der Waals surface area contributed by atoms with Crippen LogP contribution < -0.4 is 10.1 Å². The highest BCUT2D eigenvalue weighted by Gasteiger charge is 2.03. The van der Waals surface area contributed by atoms with Crippen molar-refractivity contribution in [2.24, 2.45) is 0 Å². The van der Waals surface area contributed by atoms with Crippen LogP contribution in [-0.4, -0.2) is 16.0 Å². The van der Waals surface area contributed by atoms with Gasteiger partial charge >= 0.3 is 0 Å². The van der Waals surface area contributed by atoms with Gasteiger partial charge in [0, 0.05) is 30.2 Å². The number of phenols is 1. The molecule has 0 fully saturated rings. The molecule has 0 saturated carbocycles. The van der Waals surface area contributed by atoms with Gasteiger partial charge < -0.3 is 15.2 Å². The molecule has 6 heteroatoms. The molecule has 0 radical (unpaired) electrons. The molecule has 1 heterocycles. The molecule has 0 aliphatic carbocycles. The molecule has 27 heavy (non-hydrogen) atoms. The summed E-state index contributed by atoms with van der Waals surface area (Å²) in [4.78, 5) is 16.0. The van der Waals surface area contributed by atoms with Crippen molar-refractivity contribution in [3.8, 4) is 11.5 Å². The molecule has 3 rings (SSSR count). The number of amides is 1. The molecule has 0 unspecified atom stereocenters. The fourth-order valence-corrected chi connectivity index (χ4v) is 2.30. The van der Waals surface area contributed by atoms with Crippen molar-refractivity contribution in [3.05, 3.63) is 90.0 Å². The summed E-state index contributed by atoms with van der Waals surface area (Å²) in [6, 6.07) is 14.6. The Morgan fingerprint density at radius 3 is 2.74 bits per heavy atom. The fourth-order valence-electron chi connectivity index (χ4n) is 2.30. The molecular formula is C21H17FN2O3. The number of benzene rings is 2. The van der Waals surface area contributed by atoms with Gasteiger partial charge in [-0.2, -0.15) is 0 Å². The largest absolute Gasteiger partial charge is 0.505 e. The van der Waals surface area contributed by atoms with Gasteiger partial charge in [0.25, 0.3) is 0 Å². The van der Waals surface area contributed by atoms with E-state index < -0.39 is 11.6 Å². The smallest absolute Gasteiger partial charge is 0.248 e. The summed E-state index contributed by atoms with van der Waals surface area (Å²) in [5.74, 6) is -0.904. The number of rotatable bonds is 6. The summed E-state index contributed by atoms with van der Waals surface area (Å²) in [6.45, 7) is 0.397. The van der Waals surface area contributed by atoms with Gasteiger partial charge in [-0.1, -0.05) is 12.1 Å². The lowest BCUT2D eigenvalue weighted by Crippen LogP contribution is -2.07. The normalized spacial score (nSPS) is 10.7. The monoisotopic (exact) mass is 364 g/mol. The number of nitrogens with one attached hydrogen (secondary N) is 1. The maximum absolute atomic E-state index is 13.0. The second-order valence-electron chi connectivity index (χ2n) is 5.71. The van der Waals surface area contributed by atoms with Crippen LogP contribution in [0.1, 0.15) is 11.1 Å². The van der Waals surface area contributed by atoms with Crippen LogP contribution in [0, 0.1) is 5.82 Å². The number of nitrogens with zero attached hydrogens (tertiary/aromatic N) is 1. The third-order valence-electron chi connectivity index (χ3n) is 3.65. The Hall–Kier alpha value is -3.67. The zero-order chi connectivity index (χ0) is 19.1. The molecule has 2 N–H and O–H groups in total. The van der Waals surface area contributed by atoms with Gasteiger partial charge in [0.1, 0.15) is 12.4 Å². The number of halogens is 1. The molecular weight excluding hydrogens is 347 g/mol. The van der Waals surface area contributed by atoms with E-state index in [1.165, 1.54) is 24.3 Å². The minimum absolute atomic E-state index is 0.356. The minimum Gasteiger partial charge on any atom is -0.505 e. The summed E-state index contributed by atoms with van der Waals surface area (Å²) in [6.07, 6.45) is 6.18. The molecule has 1 amide bonds. The lowest BCUT2D eigenvalue weighted by Gasteiger charge is -2.08. The van der Waals surface area contributed by atoms with Gasteiger partial charge in [-0.3, -0.25) is 9.78 Å². The van der Waals surface area contributed by atoms with Crippen molar-refractivity contribution >= 4 is 17.7 Å². The van der Waals surface area contributed by atoms with Crippen molar-refractivity contribution in [2.45, 2.75) is 6.61 Å². The predicted octanol–water partition coefficient (Wildman–Crippen LogP) is 4.16. The van der Waals surface area contributed by atoms with E-state index in [9.17, 15) is 14.3 Å². The third-order valence-corrected chi connectivity index (χ3v) is 3.65. The SMILES string of the molecule is O=C(C=Cc1ccc(F)c(O)c1)Nc1cccc(OCc2ccncc2)c1. The van der Waals surface area contributed by atoms with E-state index in [1.54, 1.807) is 36.7 Å². The minimum atomic E-state index is -0.708. The van der Waals surface area contributed by atoms with Gasteiger partial charge in [-0.05, 0) is 53.6 Å². The predicted molar refractivity (Wildman–Crippen MR) is 101 cm³/mol. The maximum atomic E-state index is 13.0. The Morgan fingerprint density at radius 1 is 1.15 bits per heavy atom. The number of aromatic hydroxyl groups is 1. The van der Waals surface area contributed by atoms with E-state index in [2.05, 4.69) is 10.3 Å². The Labute approximate surface area is 155 Å². The van der Waals surface area contributed by atoms with Crippen LogP contribution >= 0.6 is 0 Å². The molecule has 0 bridgehead atoms. The van der Waals surface area contributed by atoms with Crippen LogP contribution in [0.15, 0.2) is 73.1 Å². The van der Waals surface area contributed by atoms with Crippen LogP contribution in [0.25, 0.3) is 6.08 Å². The van der Waals surface area contributed by atoms with Crippen molar-refractivity contribution in [1.82, 2.24) is 4.98 Å². The number of aromatic nitrogens is 1. The van der Waals surface area contributed by atoms with Crippen molar-refractivity contribution in [1.29, 1.82) is 0 Å². The van der Waals surface area contributed by atoms with Gasteiger partial charge in [-0.25, -0.2) is 4.39 Å². The Balaban J connectivity index is 1.59. The number of carbonyl (C=O) groups is 1. The van der Waals surface area contributed by atoms with Crippen molar-refractivity contribution in [3.63, 3.8) is 0 Å². The second kappa shape index (κ2) is 8.62. The first-order valence-electron chi connectivity index (χ1n) is 8.19. The van der Waals surface area contributed by atoms with Crippen molar-refractivity contribution in [2.75, 3.05) is 5.32 Å². The molecule has 0 atom stereocenters. The number of anilines is 1. The zero-order valence-corrected chi connectivity index (χ0v) is 14.3. The van der Waals surface area contributed by atoms with Crippen molar-refractivity contribution < 1.29 is 19.0 Å². The van der Waals surface area contributed by atoms with Gasteiger partial charge in [-0.15, -0.1) is 0 Å². The standard InChI is InChI=1S/C21H17FN2O3/c22-19-6-4-15(12-20(19)25)5-7-21(26)24-17-2-1-3-18(13-17)27-14-16-8-10-23-11-9-16/h1-13,25H,14H2,(H,24,26). The van der Waals surface area contributed by atoms with Crippen LogP contribution in [0.5, 0.6) is 11.5 Å². The quantitative estimate of drug-likeness (QED) is 0.645. The highest BCUT2D eigenvalue weighted by Crippen LogP contribution is 2.19. The Morgan fingerprint density at radius 2 is 1.96 bits per heavy atom. The first-order valence-corrected chi connectivity index (χ1v) is 8.19. The molecule has 5 nitrogen and oxygen atoms in total. The van der Waals surface area contributed by atoms with Crippen LogP contribution in [0.3, 0.4) is 0 Å². The summed E-state index contributed by atoms with van der Waals surface area (Å²) >= 11 is 0. The molecule has 1 aromatic heterocycles. The average molecular weight is 364 g/mol. The molecule has 3 aromatic rings. The number of pyridine rings is 1. The van der Waals surface area contributed by atoms with Crippen LogP contribution in [0.4, 0.5) is 10.1 Å². The van der Waals surface area contributed by atoms with Crippen LogP contribution in [0.2, 0.25) is 0 Å². The molecule has 2 aromatic carbocycles.